The van der Waals surface area contributed by atoms with Gasteiger partial charge in [0.1, 0.15) is 5.82 Å². The van der Waals surface area contributed by atoms with Crippen molar-refractivity contribution in [1.82, 2.24) is 25.1 Å². The molecular formula is C21H25N7O3S. The Morgan fingerprint density at radius 3 is 2.78 bits per heavy atom. The highest BCUT2D eigenvalue weighted by atomic mass is 32.2. The molecule has 1 N–H and O–H groups in total. The number of nitro groups is 1. The molecule has 4 rings (SSSR count). The lowest BCUT2D eigenvalue weighted by atomic mass is 10.1. The first-order chi connectivity index (χ1) is 15.5. The number of aromatic nitrogens is 4. The number of hydrogen-bond acceptors (Lipinski definition) is 8. The van der Waals surface area contributed by atoms with Crippen LogP contribution in [-0.4, -0.2) is 56.0 Å². The summed E-state index contributed by atoms with van der Waals surface area (Å²) in [5.41, 5.74) is 1.33. The maximum absolute atomic E-state index is 12.6. The Bertz CT molecular complexity index is 1160. The molecule has 32 heavy (non-hydrogen) atoms. The molecule has 1 aliphatic heterocycles. The van der Waals surface area contributed by atoms with Gasteiger partial charge < -0.3 is 10.2 Å². The van der Waals surface area contributed by atoms with Gasteiger partial charge in [0.2, 0.25) is 0 Å². The number of nitrogens with one attached hydrogen (secondary N) is 1. The van der Waals surface area contributed by atoms with Crippen LogP contribution >= 0.6 is 11.8 Å². The summed E-state index contributed by atoms with van der Waals surface area (Å²) in [7, 11) is 0. The quantitative estimate of drug-likeness (QED) is 0.238. The molecule has 0 saturated carbocycles. The third-order valence-corrected chi connectivity index (χ3v) is 6.22. The SMILES string of the molecule is CCSc1nc(N2CCCC2)c2cnn(CCNC(=O)c3cccc([N+](=O)[O-])c3C)c2n1. The molecule has 0 spiro atoms. The molecule has 1 saturated heterocycles. The number of thioether (sulfide) groups is 1. The van der Waals surface area contributed by atoms with Crippen LogP contribution in [0.25, 0.3) is 11.0 Å². The Kier molecular flexibility index (Phi) is 6.54. The topological polar surface area (TPSA) is 119 Å². The lowest BCUT2D eigenvalue weighted by Gasteiger charge is -2.17. The highest BCUT2D eigenvalue weighted by molar-refractivity contribution is 7.99. The highest BCUT2D eigenvalue weighted by Crippen LogP contribution is 2.29. The van der Waals surface area contributed by atoms with Gasteiger partial charge in [-0.1, -0.05) is 24.8 Å². The first-order valence-electron chi connectivity index (χ1n) is 10.6. The van der Waals surface area contributed by atoms with E-state index in [1.54, 1.807) is 35.6 Å². The average Bonchev–Trinajstić information content (AvgIpc) is 3.44. The zero-order chi connectivity index (χ0) is 22.7. The van der Waals surface area contributed by atoms with Crippen molar-refractivity contribution in [3.63, 3.8) is 0 Å². The minimum absolute atomic E-state index is 0.0668. The van der Waals surface area contributed by atoms with E-state index in [0.717, 1.165) is 53.7 Å². The number of nitro benzene ring substituents is 1. The lowest BCUT2D eigenvalue weighted by molar-refractivity contribution is -0.385. The van der Waals surface area contributed by atoms with Gasteiger partial charge in [0.15, 0.2) is 10.8 Å². The number of rotatable bonds is 8. The maximum atomic E-state index is 12.6. The van der Waals surface area contributed by atoms with Crippen LogP contribution in [0.3, 0.4) is 0 Å². The molecule has 3 aromatic rings. The third-order valence-electron chi connectivity index (χ3n) is 5.49. The van der Waals surface area contributed by atoms with E-state index in [2.05, 4.69) is 22.2 Å². The van der Waals surface area contributed by atoms with E-state index < -0.39 is 4.92 Å². The molecule has 2 aromatic heterocycles. The molecule has 0 atom stereocenters. The van der Waals surface area contributed by atoms with Crippen LogP contribution in [-0.2, 0) is 6.54 Å². The van der Waals surface area contributed by atoms with Gasteiger partial charge >= 0.3 is 0 Å². The van der Waals surface area contributed by atoms with Crippen LogP contribution in [0, 0.1) is 17.0 Å². The van der Waals surface area contributed by atoms with Gasteiger partial charge in [0.05, 0.1) is 23.1 Å². The molecule has 0 radical (unpaired) electrons. The Morgan fingerprint density at radius 1 is 1.28 bits per heavy atom. The van der Waals surface area contributed by atoms with Crippen LogP contribution in [0.4, 0.5) is 11.5 Å². The molecule has 1 aromatic carbocycles. The number of fused-ring (bicyclic) bond motifs is 1. The van der Waals surface area contributed by atoms with Crippen molar-refractivity contribution in [2.45, 2.75) is 38.4 Å². The van der Waals surface area contributed by atoms with Crippen molar-refractivity contribution >= 4 is 40.2 Å². The first-order valence-corrected chi connectivity index (χ1v) is 11.6. The predicted octanol–water partition coefficient (Wildman–Crippen LogP) is 3.19. The van der Waals surface area contributed by atoms with Crippen molar-refractivity contribution in [3.8, 4) is 0 Å². The summed E-state index contributed by atoms with van der Waals surface area (Å²) in [5.74, 6) is 1.45. The van der Waals surface area contributed by atoms with E-state index in [1.807, 2.05) is 0 Å². The minimum atomic E-state index is -0.481. The average molecular weight is 456 g/mol. The molecule has 11 heteroatoms. The lowest BCUT2D eigenvalue weighted by Crippen LogP contribution is -2.28. The summed E-state index contributed by atoms with van der Waals surface area (Å²) in [6.45, 7) is 6.35. The van der Waals surface area contributed by atoms with Crippen molar-refractivity contribution in [2.24, 2.45) is 0 Å². The molecule has 1 fully saturated rings. The molecule has 10 nitrogen and oxygen atoms in total. The fraction of sp³-hybridized carbons (Fsp3) is 0.429. The molecule has 1 aliphatic rings. The van der Waals surface area contributed by atoms with E-state index in [9.17, 15) is 14.9 Å². The van der Waals surface area contributed by atoms with Crippen LogP contribution in [0.1, 0.15) is 35.7 Å². The van der Waals surface area contributed by atoms with Crippen molar-refractivity contribution in [3.05, 3.63) is 45.6 Å². The number of anilines is 1. The monoisotopic (exact) mass is 455 g/mol. The second kappa shape index (κ2) is 9.51. The zero-order valence-electron chi connectivity index (χ0n) is 18.1. The standard InChI is InChI=1S/C21H25N7O3S/c1-3-32-21-24-18(26-10-4-5-11-26)16-13-23-27(19(16)25-21)12-9-22-20(29)15-7-6-8-17(14(15)2)28(30)31/h6-8,13H,3-5,9-12H2,1-2H3,(H,22,29). The van der Waals surface area contributed by atoms with Crippen molar-refractivity contribution in [2.75, 3.05) is 30.3 Å². The number of amides is 1. The van der Waals surface area contributed by atoms with Crippen LogP contribution in [0.5, 0.6) is 0 Å². The summed E-state index contributed by atoms with van der Waals surface area (Å²) in [5, 5.41) is 20.1. The molecular weight excluding hydrogens is 430 g/mol. The third kappa shape index (κ3) is 4.38. The number of benzene rings is 1. The van der Waals surface area contributed by atoms with Crippen LogP contribution in [0.2, 0.25) is 0 Å². The highest BCUT2D eigenvalue weighted by Gasteiger charge is 2.21. The summed E-state index contributed by atoms with van der Waals surface area (Å²) < 4.78 is 1.77. The van der Waals surface area contributed by atoms with Crippen LogP contribution in [0.15, 0.2) is 29.6 Å². The Hall–Kier alpha value is -3.21. The van der Waals surface area contributed by atoms with Crippen molar-refractivity contribution in [1.29, 1.82) is 0 Å². The van der Waals surface area contributed by atoms with E-state index in [1.165, 1.54) is 12.1 Å². The van der Waals surface area contributed by atoms with Gasteiger partial charge in [0, 0.05) is 36.8 Å². The Labute approximate surface area is 189 Å². The fourth-order valence-corrected chi connectivity index (χ4v) is 4.45. The molecule has 0 bridgehead atoms. The van der Waals surface area contributed by atoms with E-state index in [4.69, 9.17) is 9.97 Å². The Morgan fingerprint density at radius 2 is 2.06 bits per heavy atom. The molecule has 0 unspecified atom stereocenters. The first kappa shape index (κ1) is 22.0. The number of nitrogens with zero attached hydrogens (tertiary/aromatic N) is 6. The molecule has 1 amide bonds. The van der Waals surface area contributed by atoms with Gasteiger partial charge in [-0.15, -0.1) is 0 Å². The summed E-state index contributed by atoms with van der Waals surface area (Å²) in [4.78, 5) is 35.0. The molecule has 168 valence electrons. The van der Waals surface area contributed by atoms with Gasteiger partial charge in [-0.2, -0.15) is 5.10 Å². The summed E-state index contributed by atoms with van der Waals surface area (Å²) in [6, 6.07) is 4.50. The summed E-state index contributed by atoms with van der Waals surface area (Å²) in [6.07, 6.45) is 4.09. The van der Waals surface area contributed by atoms with Crippen LogP contribution < -0.4 is 10.2 Å². The predicted molar refractivity (Wildman–Crippen MR) is 123 cm³/mol. The maximum Gasteiger partial charge on any atom is 0.273 e. The van der Waals surface area contributed by atoms with Gasteiger partial charge in [-0.25, -0.2) is 14.6 Å². The Balaban J connectivity index is 1.52. The molecule has 3 heterocycles. The number of carbonyl (C=O) groups excluding carboxylic acids is 1. The minimum Gasteiger partial charge on any atom is -0.356 e. The van der Waals surface area contributed by atoms with Gasteiger partial charge in [-0.3, -0.25) is 14.9 Å². The summed E-state index contributed by atoms with van der Waals surface area (Å²) >= 11 is 1.59. The smallest absolute Gasteiger partial charge is 0.273 e. The fourth-order valence-electron chi connectivity index (χ4n) is 3.89. The normalized spacial score (nSPS) is 13.6. The second-order valence-electron chi connectivity index (χ2n) is 7.52. The zero-order valence-corrected chi connectivity index (χ0v) is 18.9. The van der Waals surface area contributed by atoms with E-state index in [-0.39, 0.29) is 11.6 Å². The van der Waals surface area contributed by atoms with Gasteiger partial charge in [-0.05, 0) is 31.6 Å². The van der Waals surface area contributed by atoms with Crippen molar-refractivity contribution < 1.29 is 9.72 Å². The van der Waals surface area contributed by atoms with E-state index >= 15 is 0 Å². The van der Waals surface area contributed by atoms with Gasteiger partial charge in [0.25, 0.3) is 11.6 Å². The molecule has 0 aliphatic carbocycles. The second-order valence-corrected chi connectivity index (χ2v) is 8.76. The number of carbonyl (C=O) groups is 1. The van der Waals surface area contributed by atoms with E-state index in [0.29, 0.717) is 24.2 Å². The largest absolute Gasteiger partial charge is 0.356 e. The number of hydrogen-bond donors (Lipinski definition) is 1.